The number of carbonyl (C=O) groups is 1. The minimum Gasteiger partial charge on any atom is -0.352 e. The average molecular weight is 292 g/mol. The third kappa shape index (κ3) is 2.49. The van der Waals surface area contributed by atoms with E-state index in [0.29, 0.717) is 6.54 Å². The lowest BCUT2D eigenvalue weighted by Crippen LogP contribution is -2.64. The summed E-state index contributed by atoms with van der Waals surface area (Å²) in [5.74, 6) is 0.978. The SMILES string of the molecule is CSc1nccc(N2CC(=O)NCC23CCCCC3)n1. The predicted octanol–water partition coefficient (Wildman–Crippen LogP) is 1.84. The van der Waals surface area contributed by atoms with Gasteiger partial charge in [0.1, 0.15) is 5.82 Å². The third-order valence-electron chi connectivity index (χ3n) is 4.35. The molecule has 1 aromatic rings. The number of nitrogens with one attached hydrogen (secondary N) is 1. The second-order valence-corrected chi connectivity index (χ2v) is 6.32. The van der Waals surface area contributed by atoms with Crippen molar-refractivity contribution in [3.05, 3.63) is 12.3 Å². The molecule has 2 fully saturated rings. The van der Waals surface area contributed by atoms with Crippen LogP contribution in [-0.4, -0.2) is 40.8 Å². The van der Waals surface area contributed by atoms with Crippen LogP contribution in [0.4, 0.5) is 5.82 Å². The predicted molar refractivity (Wildman–Crippen MR) is 80.0 cm³/mol. The van der Waals surface area contributed by atoms with Crippen molar-refractivity contribution in [1.82, 2.24) is 15.3 Å². The van der Waals surface area contributed by atoms with Gasteiger partial charge in [-0.1, -0.05) is 31.0 Å². The summed E-state index contributed by atoms with van der Waals surface area (Å²) < 4.78 is 0. The largest absolute Gasteiger partial charge is 0.352 e. The number of hydrogen-bond acceptors (Lipinski definition) is 5. The average Bonchev–Trinajstić information content (AvgIpc) is 2.51. The zero-order valence-electron chi connectivity index (χ0n) is 11.8. The Balaban J connectivity index is 1.94. The molecule has 1 aliphatic heterocycles. The Morgan fingerprint density at radius 1 is 1.35 bits per heavy atom. The van der Waals surface area contributed by atoms with E-state index in [1.54, 1.807) is 6.20 Å². The topological polar surface area (TPSA) is 58.1 Å². The number of nitrogens with zero attached hydrogens (tertiary/aromatic N) is 3. The van der Waals surface area contributed by atoms with Crippen LogP contribution in [0.25, 0.3) is 0 Å². The van der Waals surface area contributed by atoms with Crippen LogP contribution in [0.3, 0.4) is 0 Å². The Hall–Kier alpha value is -1.30. The molecule has 1 spiro atoms. The number of anilines is 1. The molecule has 3 rings (SSSR count). The van der Waals surface area contributed by atoms with Crippen molar-refractivity contribution < 1.29 is 4.79 Å². The summed E-state index contributed by atoms with van der Waals surface area (Å²) in [5.41, 5.74) is 0.0518. The number of piperazine rings is 1. The maximum Gasteiger partial charge on any atom is 0.239 e. The molecule has 5 nitrogen and oxygen atoms in total. The summed E-state index contributed by atoms with van der Waals surface area (Å²) in [6, 6.07) is 1.93. The van der Waals surface area contributed by atoms with E-state index in [9.17, 15) is 4.79 Å². The van der Waals surface area contributed by atoms with E-state index in [4.69, 9.17) is 0 Å². The summed E-state index contributed by atoms with van der Waals surface area (Å²) in [5, 5.41) is 3.81. The fraction of sp³-hybridized carbons (Fsp3) is 0.643. The van der Waals surface area contributed by atoms with Crippen molar-refractivity contribution in [3.63, 3.8) is 0 Å². The summed E-state index contributed by atoms with van der Waals surface area (Å²) in [6.07, 6.45) is 9.77. The molecule has 1 aliphatic carbocycles. The van der Waals surface area contributed by atoms with Gasteiger partial charge in [-0.15, -0.1) is 0 Å². The lowest BCUT2D eigenvalue weighted by atomic mass is 9.79. The molecule has 0 aromatic carbocycles. The van der Waals surface area contributed by atoms with E-state index in [-0.39, 0.29) is 11.4 Å². The first-order valence-corrected chi connectivity index (χ1v) is 8.37. The summed E-state index contributed by atoms with van der Waals surface area (Å²) in [6.45, 7) is 1.15. The Labute approximate surface area is 123 Å². The second-order valence-electron chi connectivity index (χ2n) is 5.55. The molecule has 2 aliphatic rings. The quantitative estimate of drug-likeness (QED) is 0.666. The third-order valence-corrected chi connectivity index (χ3v) is 4.91. The molecule has 1 N–H and O–H groups in total. The van der Waals surface area contributed by atoms with Crippen LogP contribution in [0.2, 0.25) is 0 Å². The minimum atomic E-state index is 0.0518. The lowest BCUT2D eigenvalue weighted by molar-refractivity contribution is -0.121. The van der Waals surface area contributed by atoms with Crippen LogP contribution >= 0.6 is 11.8 Å². The molecule has 1 saturated heterocycles. The van der Waals surface area contributed by atoms with E-state index >= 15 is 0 Å². The Bertz CT molecular complexity index is 502. The Morgan fingerprint density at radius 3 is 2.90 bits per heavy atom. The van der Waals surface area contributed by atoms with Gasteiger partial charge >= 0.3 is 0 Å². The van der Waals surface area contributed by atoms with Crippen molar-refractivity contribution >= 4 is 23.5 Å². The second kappa shape index (κ2) is 5.60. The van der Waals surface area contributed by atoms with Crippen LogP contribution in [0.1, 0.15) is 32.1 Å². The first-order chi connectivity index (χ1) is 9.73. The summed E-state index contributed by atoms with van der Waals surface area (Å²) >= 11 is 1.53. The maximum absolute atomic E-state index is 11.8. The monoisotopic (exact) mass is 292 g/mol. The van der Waals surface area contributed by atoms with Gasteiger partial charge < -0.3 is 10.2 Å². The molecule has 1 aromatic heterocycles. The molecule has 0 unspecified atom stereocenters. The van der Waals surface area contributed by atoms with Gasteiger partial charge in [0.25, 0.3) is 0 Å². The van der Waals surface area contributed by atoms with Crippen LogP contribution in [-0.2, 0) is 4.79 Å². The first-order valence-electron chi connectivity index (χ1n) is 7.15. The van der Waals surface area contributed by atoms with Crippen molar-refractivity contribution in [2.45, 2.75) is 42.8 Å². The number of aromatic nitrogens is 2. The molecular weight excluding hydrogens is 272 g/mol. The highest BCUT2D eigenvalue weighted by Gasteiger charge is 2.42. The van der Waals surface area contributed by atoms with Crippen LogP contribution in [0.15, 0.2) is 17.4 Å². The highest BCUT2D eigenvalue weighted by Crippen LogP contribution is 2.37. The van der Waals surface area contributed by atoms with Gasteiger partial charge in [-0.3, -0.25) is 4.79 Å². The molecule has 2 heterocycles. The first kappa shape index (κ1) is 13.7. The van der Waals surface area contributed by atoms with E-state index in [1.807, 2.05) is 12.3 Å². The lowest BCUT2D eigenvalue weighted by Gasteiger charge is -2.49. The van der Waals surface area contributed by atoms with Gasteiger partial charge in [-0.2, -0.15) is 0 Å². The van der Waals surface area contributed by atoms with Crippen molar-refractivity contribution in [3.8, 4) is 0 Å². The van der Waals surface area contributed by atoms with Crippen molar-refractivity contribution in [1.29, 1.82) is 0 Å². The molecule has 1 saturated carbocycles. The van der Waals surface area contributed by atoms with Gasteiger partial charge in [-0.25, -0.2) is 9.97 Å². The van der Waals surface area contributed by atoms with Crippen molar-refractivity contribution in [2.24, 2.45) is 0 Å². The number of thioether (sulfide) groups is 1. The zero-order chi connectivity index (χ0) is 14.0. The highest BCUT2D eigenvalue weighted by molar-refractivity contribution is 7.98. The number of rotatable bonds is 2. The molecule has 108 valence electrons. The summed E-state index contributed by atoms with van der Waals surface area (Å²) in [7, 11) is 0. The number of amides is 1. The summed E-state index contributed by atoms with van der Waals surface area (Å²) in [4.78, 5) is 22.9. The molecular formula is C14H20N4OS. The van der Waals surface area contributed by atoms with Crippen LogP contribution < -0.4 is 10.2 Å². The molecule has 1 amide bonds. The minimum absolute atomic E-state index is 0.0518. The van der Waals surface area contributed by atoms with Gasteiger partial charge in [0.05, 0.1) is 12.1 Å². The van der Waals surface area contributed by atoms with Crippen LogP contribution in [0, 0.1) is 0 Å². The van der Waals surface area contributed by atoms with Gasteiger partial charge in [0, 0.05) is 12.7 Å². The molecule has 0 radical (unpaired) electrons. The Morgan fingerprint density at radius 2 is 2.15 bits per heavy atom. The maximum atomic E-state index is 11.8. The fourth-order valence-electron chi connectivity index (χ4n) is 3.29. The molecule has 0 atom stereocenters. The van der Waals surface area contributed by atoms with Gasteiger partial charge in [0.2, 0.25) is 5.91 Å². The van der Waals surface area contributed by atoms with Crippen LogP contribution in [0.5, 0.6) is 0 Å². The van der Waals surface area contributed by atoms with Gasteiger partial charge in [0.15, 0.2) is 5.16 Å². The van der Waals surface area contributed by atoms with E-state index in [0.717, 1.165) is 30.4 Å². The standard InChI is InChI=1S/C14H20N4OS/c1-20-13-15-8-5-11(17-13)18-9-12(19)16-10-14(18)6-3-2-4-7-14/h5,8H,2-4,6-7,9-10H2,1H3,(H,16,19). The fourth-order valence-corrected chi connectivity index (χ4v) is 3.64. The molecule has 6 heteroatoms. The number of hydrogen-bond donors (Lipinski definition) is 1. The Kier molecular flexibility index (Phi) is 3.83. The zero-order valence-corrected chi connectivity index (χ0v) is 12.6. The van der Waals surface area contributed by atoms with E-state index in [2.05, 4.69) is 20.2 Å². The number of carbonyl (C=O) groups excluding carboxylic acids is 1. The van der Waals surface area contributed by atoms with E-state index in [1.165, 1.54) is 31.0 Å². The van der Waals surface area contributed by atoms with Gasteiger partial charge in [-0.05, 0) is 25.2 Å². The van der Waals surface area contributed by atoms with E-state index < -0.39 is 0 Å². The molecule has 0 bridgehead atoms. The molecule has 20 heavy (non-hydrogen) atoms. The normalized spacial score (nSPS) is 21.9. The van der Waals surface area contributed by atoms with Crippen molar-refractivity contribution in [2.75, 3.05) is 24.2 Å². The smallest absolute Gasteiger partial charge is 0.239 e. The highest BCUT2D eigenvalue weighted by atomic mass is 32.2.